The van der Waals surface area contributed by atoms with E-state index in [2.05, 4.69) is 206 Å². The van der Waals surface area contributed by atoms with Crippen molar-refractivity contribution in [3.63, 3.8) is 0 Å². The van der Waals surface area contributed by atoms with Gasteiger partial charge in [-0.2, -0.15) is 0 Å². The third kappa shape index (κ3) is 15.3. The van der Waals surface area contributed by atoms with E-state index in [-0.39, 0.29) is 9.41 Å². The fourth-order valence-corrected chi connectivity index (χ4v) is 15.3. The molecule has 0 aliphatic carbocycles. The molecule has 0 unspecified atom stereocenters. The van der Waals surface area contributed by atoms with Crippen molar-refractivity contribution >= 4 is 87.0 Å². The maximum Gasteiger partial charge on any atom is 0.116 e. The molecular weight excluding hydrogens is 1060 g/mol. The maximum atomic E-state index is 9.91. The Morgan fingerprint density at radius 3 is 0.517 bits per heavy atom. The van der Waals surface area contributed by atoms with Crippen molar-refractivity contribution in [1.29, 1.82) is 0 Å². The summed E-state index contributed by atoms with van der Waals surface area (Å²) in [6.07, 6.45) is 1.95. The van der Waals surface area contributed by atoms with Crippen LogP contribution < -0.4 is 41.2 Å². The van der Waals surface area contributed by atoms with Crippen molar-refractivity contribution in [1.82, 2.24) is 0 Å². The Bertz CT molecular complexity index is 1920. The molecule has 0 fully saturated rings. The van der Waals surface area contributed by atoms with Gasteiger partial charge in [-0.15, -0.1) is 0 Å². The zero-order valence-electron chi connectivity index (χ0n) is 31.4. The number of benzene rings is 7. The third-order valence-corrected chi connectivity index (χ3v) is 17.8. The molecule has 0 spiro atoms. The number of halogens is 12. The average Bonchev–Trinajstić information content (AvgIpc) is 3.20. The summed E-state index contributed by atoms with van der Waals surface area (Å²) in [7, 11) is -3.94. The fraction of sp³-hybridized carbons (Fsp3) is 0.0455. The van der Waals surface area contributed by atoms with Gasteiger partial charge in [0.25, 0.3) is 0 Å². The van der Waals surface area contributed by atoms with Crippen LogP contribution in [0.5, 0.6) is 0 Å². The molecule has 60 heavy (non-hydrogen) atoms. The summed E-state index contributed by atoms with van der Waals surface area (Å²) in [5.74, 6) is 0. The second-order valence-corrected chi connectivity index (χ2v) is 27.3. The molecule has 0 aliphatic heterocycles. The SMILES string of the molecule is [F-].[F-].[F][Sb]([F])([F])([F])[F].[F][Sb]([F])([F])([F])[F].c1ccc([P+](Cc2ccc(C[P+](c3ccccc3)(c3ccccc3)c3ccccc3)cc2)(c2ccccc2)c2ccccc2)cc1. The molecule has 318 valence electrons. The van der Waals surface area contributed by atoms with Crippen molar-refractivity contribution in [2.75, 3.05) is 0 Å². The van der Waals surface area contributed by atoms with Crippen LogP contribution in [0.25, 0.3) is 0 Å². The molecule has 0 heterocycles. The molecule has 0 aliphatic rings. The van der Waals surface area contributed by atoms with E-state index in [0.29, 0.717) is 0 Å². The molecule has 0 atom stereocenters. The summed E-state index contributed by atoms with van der Waals surface area (Å²) in [4.78, 5) is 0. The van der Waals surface area contributed by atoms with Crippen molar-refractivity contribution in [3.05, 3.63) is 217 Å². The first-order valence-electron chi connectivity index (χ1n) is 17.7. The van der Waals surface area contributed by atoms with Crippen LogP contribution in [-0.2, 0) is 12.3 Å². The van der Waals surface area contributed by atoms with Crippen LogP contribution in [0, 0.1) is 0 Å². The van der Waals surface area contributed by atoms with Crippen LogP contribution in [-0.4, -0.2) is 40.6 Å². The molecule has 7 aromatic rings. The molecule has 0 bridgehead atoms. The Morgan fingerprint density at radius 1 is 0.250 bits per heavy atom. The summed E-state index contributed by atoms with van der Waals surface area (Å²) < 4.78 is 99.1. The molecule has 0 N–H and O–H groups in total. The van der Waals surface area contributed by atoms with Gasteiger partial charge in [0.15, 0.2) is 0 Å². The van der Waals surface area contributed by atoms with E-state index in [0.717, 1.165) is 12.3 Å². The first-order chi connectivity index (χ1) is 27.3. The Labute approximate surface area is 351 Å². The predicted molar refractivity (Wildman–Crippen MR) is 227 cm³/mol. The van der Waals surface area contributed by atoms with Crippen molar-refractivity contribution < 1.29 is 37.5 Å². The first kappa shape index (κ1) is 50.6. The molecule has 0 nitrogen and oxygen atoms in total. The molecule has 0 saturated carbocycles. The van der Waals surface area contributed by atoms with E-state index >= 15 is 0 Å². The average molecular weight is 1100 g/mol. The molecule has 0 saturated heterocycles. The Morgan fingerprint density at radius 2 is 0.383 bits per heavy atom. The van der Waals surface area contributed by atoms with Crippen LogP contribution in [0.3, 0.4) is 0 Å². The summed E-state index contributed by atoms with van der Waals surface area (Å²) >= 11 is -18.4. The van der Waals surface area contributed by atoms with Gasteiger partial charge in [-0.05, 0) is 83.9 Å². The minimum absolute atomic E-state index is 0. The van der Waals surface area contributed by atoms with Crippen molar-refractivity contribution in [2.24, 2.45) is 0 Å². The van der Waals surface area contributed by atoms with Gasteiger partial charge in [0.1, 0.15) is 46.4 Å². The zero-order valence-corrected chi connectivity index (χ0v) is 38.3. The largest absolute Gasteiger partial charge is 0.116 e. The maximum absolute atomic E-state index is 9.91. The minimum Gasteiger partial charge on any atom is -0.0620 e. The number of hydrogen-bond donors (Lipinski definition) is 0. The van der Waals surface area contributed by atoms with Crippen LogP contribution in [0.1, 0.15) is 11.1 Å². The quantitative estimate of drug-likeness (QED) is 0.0881. The fourth-order valence-electron chi connectivity index (χ4n) is 6.83. The molecule has 7 aromatic carbocycles. The van der Waals surface area contributed by atoms with Gasteiger partial charge in [0.2, 0.25) is 0 Å². The Balaban J connectivity index is 0.000000604. The van der Waals surface area contributed by atoms with E-state index in [9.17, 15) is 28.1 Å². The first-order valence-corrected chi connectivity index (χ1v) is 31.3. The monoisotopic (exact) mass is 1100 g/mol. The summed E-state index contributed by atoms with van der Waals surface area (Å²) in [6.45, 7) is 0. The van der Waals surface area contributed by atoms with Gasteiger partial charge in [-0.25, -0.2) is 0 Å². The van der Waals surface area contributed by atoms with Gasteiger partial charge < -0.3 is 9.41 Å². The second kappa shape index (κ2) is 20.8. The Hall–Kier alpha value is -3.80. The van der Waals surface area contributed by atoms with Crippen LogP contribution in [0.4, 0.5) is 28.1 Å². The number of rotatable bonds is 10. The summed E-state index contributed by atoms with van der Waals surface area (Å²) in [5.41, 5.74) is 2.74. The van der Waals surface area contributed by atoms with E-state index in [1.54, 1.807) is 0 Å². The van der Waals surface area contributed by atoms with Gasteiger partial charge in [0, 0.05) is 0 Å². The van der Waals surface area contributed by atoms with Crippen molar-refractivity contribution in [3.8, 4) is 0 Å². The summed E-state index contributed by atoms with van der Waals surface area (Å²) in [6, 6.07) is 76.7. The summed E-state index contributed by atoms with van der Waals surface area (Å²) in [5, 5.41) is 8.49. The topological polar surface area (TPSA) is 0 Å². The molecule has 7 rings (SSSR count). The zero-order chi connectivity index (χ0) is 42.0. The molecule has 0 amide bonds. The van der Waals surface area contributed by atoms with Crippen molar-refractivity contribution in [2.45, 2.75) is 12.3 Å². The normalized spacial score (nSPS) is 12.8. The van der Waals surface area contributed by atoms with E-state index in [4.69, 9.17) is 0 Å². The second-order valence-electron chi connectivity index (χ2n) is 13.0. The standard InChI is InChI=1S/C44H38P2.12FH.2Sb/c1-7-19-39(20-8-1)45(40-21-9-2-10-22-40,41-23-11-3-12-24-41)35-37-31-33-38(34-32-37)36-46(42-25-13-4-14-26-42,43-27-15-5-16-28-43)44-29-17-6-18-30-44;;;;;;;;;;;;;;/h1-34H,35-36H2;12*1H;;/q+2;;;;;;;;;;;;;2*+5/p-12. The van der Waals surface area contributed by atoms with Gasteiger partial charge >= 0.3 is 68.7 Å². The third-order valence-electron chi connectivity index (χ3n) is 9.04. The van der Waals surface area contributed by atoms with Crippen LogP contribution in [0.15, 0.2) is 206 Å². The minimum atomic E-state index is -9.19. The van der Waals surface area contributed by atoms with E-state index in [1.807, 2.05) is 0 Å². The van der Waals surface area contributed by atoms with Crippen LogP contribution >= 0.6 is 14.5 Å². The smallest absolute Gasteiger partial charge is 0.0620 e. The van der Waals surface area contributed by atoms with E-state index in [1.165, 1.54) is 43.0 Å². The molecular formula is C44H38F12P2Sb2. The van der Waals surface area contributed by atoms with Gasteiger partial charge in [0.05, 0.1) is 12.3 Å². The van der Waals surface area contributed by atoms with Gasteiger partial charge in [-0.1, -0.05) is 133 Å². The Kier molecular flexibility index (Phi) is 17.6. The van der Waals surface area contributed by atoms with Crippen LogP contribution in [0.2, 0.25) is 0 Å². The van der Waals surface area contributed by atoms with Gasteiger partial charge in [-0.3, -0.25) is 0 Å². The number of hydrogen-bond acceptors (Lipinski definition) is 0. The predicted octanol–water partition coefficient (Wildman–Crippen LogP) is 6.12. The molecule has 0 radical (unpaired) electrons. The molecule has 16 heteroatoms. The van der Waals surface area contributed by atoms with E-state index < -0.39 is 55.1 Å². The molecule has 0 aromatic heterocycles.